The standard InChI is InChI=1S/C15H20NO2.Cu/c1-17-14-9-8-12(10-15(14)18-2)11-16-13-6-4-3-5-7-13;/h8-9,11,13H,3-7H2,1-2H3;/q-1;+1. The number of hydrogen-bond acceptors (Lipinski definition) is 3. The fraction of sp³-hybridized carbons (Fsp3) is 0.533. The van der Waals surface area contributed by atoms with Gasteiger partial charge in [-0.2, -0.15) is 0 Å². The zero-order valence-corrected chi connectivity index (χ0v) is 12.4. The summed E-state index contributed by atoms with van der Waals surface area (Å²) in [6, 6.07) is 7.48. The minimum absolute atomic E-state index is 0. The fourth-order valence-corrected chi connectivity index (χ4v) is 2.28. The summed E-state index contributed by atoms with van der Waals surface area (Å²) in [5, 5.41) is 0. The summed E-state index contributed by atoms with van der Waals surface area (Å²) in [5.74, 6) is 1.33. The molecule has 4 heteroatoms. The quantitative estimate of drug-likeness (QED) is 0.485. The molecule has 108 valence electrons. The Morgan fingerprint density at radius 1 is 1.16 bits per heavy atom. The first kappa shape index (κ1) is 16.1. The molecule has 0 heterocycles. The average molecular weight is 310 g/mol. The molecule has 0 aromatic heterocycles. The molecule has 1 saturated carbocycles. The van der Waals surface area contributed by atoms with Crippen molar-refractivity contribution in [1.82, 2.24) is 0 Å². The van der Waals surface area contributed by atoms with Crippen molar-refractivity contribution in [3.05, 3.63) is 23.8 Å². The summed E-state index contributed by atoms with van der Waals surface area (Å²) < 4.78 is 10.4. The van der Waals surface area contributed by atoms with Gasteiger partial charge in [-0.1, -0.05) is 31.5 Å². The van der Waals surface area contributed by atoms with E-state index in [1.165, 1.54) is 32.1 Å². The molecule has 1 aliphatic carbocycles. The van der Waals surface area contributed by atoms with Crippen molar-refractivity contribution in [3.8, 4) is 11.5 Å². The second kappa shape index (κ2) is 8.23. The van der Waals surface area contributed by atoms with Gasteiger partial charge in [0.2, 0.25) is 0 Å². The van der Waals surface area contributed by atoms with Gasteiger partial charge >= 0.3 is 17.1 Å². The van der Waals surface area contributed by atoms with Gasteiger partial charge in [-0.05, 0) is 12.8 Å². The maximum atomic E-state index is 5.23. The summed E-state index contributed by atoms with van der Waals surface area (Å²) in [4.78, 5) is 4.63. The molecule has 0 saturated heterocycles. The van der Waals surface area contributed by atoms with Crippen LogP contribution >= 0.6 is 0 Å². The Morgan fingerprint density at radius 2 is 1.89 bits per heavy atom. The van der Waals surface area contributed by atoms with Gasteiger partial charge in [0.15, 0.2) is 0 Å². The summed E-state index contributed by atoms with van der Waals surface area (Å²) in [6.07, 6.45) is 8.29. The van der Waals surface area contributed by atoms with E-state index in [1.807, 2.05) is 18.3 Å². The van der Waals surface area contributed by atoms with Gasteiger partial charge in [-0.15, -0.1) is 17.7 Å². The molecule has 2 rings (SSSR count). The van der Waals surface area contributed by atoms with Crippen molar-refractivity contribution in [2.75, 3.05) is 14.2 Å². The second-order valence-corrected chi connectivity index (χ2v) is 4.59. The number of methoxy groups -OCH3 is 2. The Bertz CT molecular complexity index is 415. The van der Waals surface area contributed by atoms with Crippen molar-refractivity contribution >= 4 is 6.21 Å². The first-order chi connectivity index (χ1) is 8.83. The summed E-state index contributed by atoms with van der Waals surface area (Å²) in [7, 11) is 3.25. The van der Waals surface area contributed by atoms with E-state index in [9.17, 15) is 0 Å². The molecule has 19 heavy (non-hydrogen) atoms. The van der Waals surface area contributed by atoms with Gasteiger partial charge in [-0.3, -0.25) is 0 Å². The Balaban J connectivity index is 0.00000180. The number of benzene rings is 1. The van der Waals surface area contributed by atoms with Crippen LogP contribution in [0.2, 0.25) is 0 Å². The maximum absolute atomic E-state index is 5.23. The topological polar surface area (TPSA) is 30.8 Å². The van der Waals surface area contributed by atoms with Crippen LogP contribution < -0.4 is 9.47 Å². The third-order valence-corrected chi connectivity index (χ3v) is 3.32. The number of rotatable bonds is 4. The van der Waals surface area contributed by atoms with Crippen molar-refractivity contribution in [2.45, 2.75) is 38.1 Å². The monoisotopic (exact) mass is 309 g/mol. The number of aliphatic imine (C=N–C) groups is 1. The van der Waals surface area contributed by atoms with E-state index in [0.717, 1.165) is 5.56 Å². The van der Waals surface area contributed by atoms with E-state index < -0.39 is 0 Å². The zero-order chi connectivity index (χ0) is 12.8. The number of ether oxygens (including phenoxy) is 2. The van der Waals surface area contributed by atoms with Crippen LogP contribution in [-0.2, 0) is 17.1 Å². The molecule has 0 atom stereocenters. The molecule has 0 amide bonds. The van der Waals surface area contributed by atoms with E-state index in [-0.39, 0.29) is 17.1 Å². The van der Waals surface area contributed by atoms with Crippen molar-refractivity contribution < 1.29 is 26.5 Å². The van der Waals surface area contributed by atoms with Gasteiger partial charge < -0.3 is 14.5 Å². The molecule has 0 aliphatic heterocycles. The molecule has 1 aromatic carbocycles. The van der Waals surface area contributed by atoms with E-state index in [1.54, 1.807) is 14.2 Å². The van der Waals surface area contributed by atoms with Crippen LogP contribution in [0, 0.1) is 6.07 Å². The second-order valence-electron chi connectivity index (χ2n) is 4.59. The van der Waals surface area contributed by atoms with Gasteiger partial charge in [0.25, 0.3) is 0 Å². The van der Waals surface area contributed by atoms with Crippen LogP contribution in [0.3, 0.4) is 0 Å². The molecule has 0 radical (unpaired) electrons. The molecular weight excluding hydrogens is 290 g/mol. The SMILES string of the molecule is COc1[c-]c(C=NC2CCCCC2)ccc1OC.[Cu+]. The smallest absolute Gasteiger partial charge is 0.536 e. The molecule has 1 aliphatic rings. The molecule has 0 bridgehead atoms. The molecule has 1 aromatic rings. The minimum atomic E-state index is 0. The molecule has 0 spiro atoms. The molecule has 3 nitrogen and oxygen atoms in total. The third-order valence-electron chi connectivity index (χ3n) is 3.32. The summed E-state index contributed by atoms with van der Waals surface area (Å²) in [6.45, 7) is 0. The van der Waals surface area contributed by atoms with Crippen LogP contribution in [0.1, 0.15) is 37.7 Å². The van der Waals surface area contributed by atoms with Crippen LogP contribution in [0.25, 0.3) is 0 Å². The Morgan fingerprint density at radius 3 is 2.53 bits per heavy atom. The van der Waals surface area contributed by atoms with Gasteiger partial charge in [-0.25, -0.2) is 0 Å². The predicted molar refractivity (Wildman–Crippen MR) is 72.8 cm³/mol. The minimum Gasteiger partial charge on any atom is -0.536 e. The van der Waals surface area contributed by atoms with Crippen molar-refractivity contribution in [1.29, 1.82) is 0 Å². The van der Waals surface area contributed by atoms with Crippen LogP contribution in [0.4, 0.5) is 0 Å². The van der Waals surface area contributed by atoms with Crippen LogP contribution in [0.15, 0.2) is 17.1 Å². The molecule has 1 fully saturated rings. The first-order valence-electron chi connectivity index (χ1n) is 6.51. The van der Waals surface area contributed by atoms with Gasteiger partial charge in [0.05, 0.1) is 25.7 Å². The molecule has 0 N–H and O–H groups in total. The normalized spacial score (nSPS) is 16.1. The summed E-state index contributed by atoms with van der Waals surface area (Å²) >= 11 is 0. The maximum Gasteiger partial charge on any atom is 1.00 e. The van der Waals surface area contributed by atoms with Crippen molar-refractivity contribution in [3.63, 3.8) is 0 Å². The Labute approximate surface area is 125 Å². The predicted octanol–water partition coefficient (Wildman–Crippen LogP) is 3.25. The largest absolute Gasteiger partial charge is 1.00 e. The fourth-order valence-electron chi connectivity index (χ4n) is 2.28. The number of nitrogens with zero attached hydrogens (tertiary/aromatic N) is 1. The third kappa shape index (κ3) is 4.55. The Hall–Kier alpha value is -0.991. The average Bonchev–Trinajstić information content (AvgIpc) is 2.45. The molecular formula is C15H20CuNO2. The zero-order valence-electron chi connectivity index (χ0n) is 11.4. The first-order valence-corrected chi connectivity index (χ1v) is 6.51. The van der Waals surface area contributed by atoms with E-state index >= 15 is 0 Å². The van der Waals surface area contributed by atoms with E-state index in [4.69, 9.17) is 9.47 Å². The van der Waals surface area contributed by atoms with E-state index in [2.05, 4.69) is 11.1 Å². The van der Waals surface area contributed by atoms with Gasteiger partial charge in [0.1, 0.15) is 0 Å². The molecule has 0 unspecified atom stereocenters. The summed E-state index contributed by atoms with van der Waals surface area (Å²) in [5.41, 5.74) is 0.943. The van der Waals surface area contributed by atoms with Crippen LogP contribution in [0.5, 0.6) is 11.5 Å². The number of hydrogen-bond donors (Lipinski definition) is 0. The van der Waals surface area contributed by atoms with Crippen LogP contribution in [-0.4, -0.2) is 26.5 Å². The van der Waals surface area contributed by atoms with E-state index in [0.29, 0.717) is 17.5 Å². The Kier molecular flexibility index (Phi) is 6.96. The van der Waals surface area contributed by atoms with Crippen molar-refractivity contribution in [2.24, 2.45) is 4.99 Å². The van der Waals surface area contributed by atoms with Gasteiger partial charge in [0, 0.05) is 6.04 Å².